The summed E-state index contributed by atoms with van der Waals surface area (Å²) in [7, 11) is 1.48. The van der Waals surface area contributed by atoms with Crippen molar-refractivity contribution in [2.45, 2.75) is 32.7 Å². The molecule has 0 bridgehead atoms. The predicted octanol–water partition coefficient (Wildman–Crippen LogP) is 5.18. The van der Waals surface area contributed by atoms with Gasteiger partial charge in [0.1, 0.15) is 17.5 Å². The number of aryl methyl sites for hydroxylation is 1. The van der Waals surface area contributed by atoms with E-state index in [0.717, 1.165) is 11.6 Å². The number of amides is 1. The zero-order valence-electron chi connectivity index (χ0n) is 20.0. The third-order valence-corrected chi connectivity index (χ3v) is 6.09. The minimum Gasteiger partial charge on any atom is -0.481 e. The highest BCUT2D eigenvalue weighted by Crippen LogP contribution is 2.35. The maximum absolute atomic E-state index is 14.7. The molecule has 0 aliphatic carbocycles. The Morgan fingerprint density at radius 1 is 1.22 bits per heavy atom. The van der Waals surface area contributed by atoms with Gasteiger partial charge in [-0.2, -0.15) is 4.98 Å². The zero-order valence-corrected chi connectivity index (χ0v) is 20.0. The molecule has 1 N–H and O–H groups in total. The van der Waals surface area contributed by atoms with Crippen molar-refractivity contribution in [1.29, 1.82) is 0 Å². The standard InChI is InChI=1S/C25H25F4N5O2/c1-13(16-5-4-6-17(21(16)27)22(28)29)30-23-19-11-18(15-7-9-34(10-8-15)20(35)12-26)25(36-3)33-24(19)32-14(2)31-23/h4-7,11,13,22H,8-10,12H2,1-3H3,(H,30,31,32,33). The second-order valence-electron chi connectivity index (χ2n) is 8.41. The molecule has 11 heteroatoms. The van der Waals surface area contributed by atoms with Gasteiger partial charge in [-0.15, -0.1) is 0 Å². The van der Waals surface area contributed by atoms with Gasteiger partial charge in [-0.3, -0.25) is 4.79 Å². The van der Waals surface area contributed by atoms with Crippen molar-refractivity contribution >= 4 is 28.3 Å². The molecule has 0 saturated heterocycles. The number of fused-ring (bicyclic) bond motifs is 1. The van der Waals surface area contributed by atoms with E-state index in [0.29, 0.717) is 47.1 Å². The maximum atomic E-state index is 14.7. The lowest BCUT2D eigenvalue weighted by atomic mass is 9.99. The summed E-state index contributed by atoms with van der Waals surface area (Å²) in [5, 5.41) is 3.64. The van der Waals surface area contributed by atoms with Gasteiger partial charge in [0.2, 0.25) is 5.88 Å². The minimum atomic E-state index is -2.93. The highest BCUT2D eigenvalue weighted by molar-refractivity contribution is 5.91. The van der Waals surface area contributed by atoms with Gasteiger partial charge in [-0.05, 0) is 31.9 Å². The normalized spacial score (nSPS) is 14.7. The monoisotopic (exact) mass is 503 g/mol. The van der Waals surface area contributed by atoms with E-state index in [1.165, 1.54) is 24.1 Å². The van der Waals surface area contributed by atoms with E-state index < -0.39 is 36.4 Å². The van der Waals surface area contributed by atoms with Crippen LogP contribution in [-0.2, 0) is 4.79 Å². The molecule has 3 heterocycles. The van der Waals surface area contributed by atoms with Crippen molar-refractivity contribution in [3.8, 4) is 5.88 Å². The molecule has 7 nitrogen and oxygen atoms in total. The number of carbonyl (C=O) groups excluding carboxylic acids is 1. The molecular formula is C25H25F4N5O2. The summed E-state index contributed by atoms with van der Waals surface area (Å²) in [6, 6.07) is 4.99. The van der Waals surface area contributed by atoms with Crippen molar-refractivity contribution in [2.75, 3.05) is 32.2 Å². The summed E-state index contributed by atoms with van der Waals surface area (Å²) in [4.78, 5) is 26.5. The van der Waals surface area contributed by atoms with E-state index in [1.54, 1.807) is 19.9 Å². The highest BCUT2D eigenvalue weighted by Gasteiger charge is 2.23. The minimum absolute atomic E-state index is 0.0755. The van der Waals surface area contributed by atoms with Crippen LogP contribution in [0.4, 0.5) is 23.4 Å². The molecule has 1 aromatic carbocycles. The first-order valence-corrected chi connectivity index (χ1v) is 11.3. The SMILES string of the molecule is COc1nc2nc(C)nc(NC(C)c3cccc(C(F)F)c3F)c2cc1C1=CCN(C(=O)CF)CC1. The molecule has 1 aliphatic rings. The van der Waals surface area contributed by atoms with Crippen LogP contribution >= 0.6 is 0 Å². The highest BCUT2D eigenvalue weighted by atomic mass is 19.3. The van der Waals surface area contributed by atoms with Gasteiger partial charge in [-0.1, -0.05) is 24.3 Å². The molecule has 1 unspecified atom stereocenters. The number of benzene rings is 1. The molecule has 0 spiro atoms. The molecule has 1 amide bonds. The van der Waals surface area contributed by atoms with Gasteiger partial charge in [-0.25, -0.2) is 27.5 Å². The Hall–Kier alpha value is -3.76. The van der Waals surface area contributed by atoms with Gasteiger partial charge in [0.15, 0.2) is 12.3 Å². The van der Waals surface area contributed by atoms with Crippen molar-refractivity contribution in [3.05, 3.63) is 58.7 Å². The van der Waals surface area contributed by atoms with Crippen LogP contribution in [0.2, 0.25) is 0 Å². The Kier molecular flexibility index (Phi) is 7.37. The van der Waals surface area contributed by atoms with Crippen molar-refractivity contribution in [3.63, 3.8) is 0 Å². The number of nitrogens with zero attached hydrogens (tertiary/aromatic N) is 4. The van der Waals surface area contributed by atoms with Crippen LogP contribution in [0, 0.1) is 12.7 Å². The number of anilines is 1. The van der Waals surface area contributed by atoms with E-state index in [4.69, 9.17) is 4.74 Å². The molecule has 36 heavy (non-hydrogen) atoms. The Labute approximate surface area is 205 Å². The Morgan fingerprint density at radius 2 is 1.97 bits per heavy atom. The molecule has 2 aromatic heterocycles. The first-order valence-electron chi connectivity index (χ1n) is 11.3. The molecule has 0 fully saturated rings. The molecule has 0 radical (unpaired) electrons. The summed E-state index contributed by atoms with van der Waals surface area (Å²) in [6.07, 6.45) is -0.649. The number of ether oxygens (including phenoxy) is 1. The van der Waals surface area contributed by atoms with Crippen LogP contribution in [0.3, 0.4) is 0 Å². The van der Waals surface area contributed by atoms with Crippen molar-refractivity contribution in [1.82, 2.24) is 19.9 Å². The van der Waals surface area contributed by atoms with Crippen LogP contribution in [0.1, 0.15) is 48.3 Å². The Morgan fingerprint density at radius 3 is 2.61 bits per heavy atom. The number of hydrogen-bond acceptors (Lipinski definition) is 6. The lowest BCUT2D eigenvalue weighted by Gasteiger charge is -2.26. The van der Waals surface area contributed by atoms with E-state index in [1.807, 2.05) is 6.08 Å². The topological polar surface area (TPSA) is 80.2 Å². The molecule has 0 saturated carbocycles. The second-order valence-corrected chi connectivity index (χ2v) is 8.41. The van der Waals surface area contributed by atoms with E-state index in [-0.39, 0.29) is 12.1 Å². The van der Waals surface area contributed by atoms with Gasteiger partial charge in [0.05, 0.1) is 24.1 Å². The fourth-order valence-electron chi connectivity index (χ4n) is 4.22. The summed E-state index contributed by atoms with van der Waals surface area (Å²) >= 11 is 0. The van der Waals surface area contributed by atoms with Gasteiger partial charge < -0.3 is 15.0 Å². The Bertz CT molecular complexity index is 1330. The maximum Gasteiger partial charge on any atom is 0.266 e. The van der Waals surface area contributed by atoms with Crippen molar-refractivity contribution in [2.24, 2.45) is 0 Å². The summed E-state index contributed by atoms with van der Waals surface area (Å²) in [6.45, 7) is 2.88. The average Bonchev–Trinajstić information content (AvgIpc) is 2.87. The van der Waals surface area contributed by atoms with Crippen LogP contribution < -0.4 is 10.1 Å². The molecule has 1 atom stereocenters. The third kappa shape index (κ3) is 4.95. The number of pyridine rings is 1. The van der Waals surface area contributed by atoms with Gasteiger partial charge in [0, 0.05) is 24.2 Å². The van der Waals surface area contributed by atoms with Crippen molar-refractivity contribution < 1.29 is 27.1 Å². The van der Waals surface area contributed by atoms with Crippen LogP contribution in [0.5, 0.6) is 5.88 Å². The molecule has 1 aliphatic heterocycles. The first-order chi connectivity index (χ1) is 17.2. The molecular weight excluding hydrogens is 478 g/mol. The smallest absolute Gasteiger partial charge is 0.266 e. The first kappa shape index (κ1) is 25.3. The van der Waals surface area contributed by atoms with E-state index >= 15 is 0 Å². The lowest BCUT2D eigenvalue weighted by molar-refractivity contribution is -0.131. The van der Waals surface area contributed by atoms with Gasteiger partial charge >= 0.3 is 0 Å². The number of nitrogens with one attached hydrogen (secondary N) is 1. The summed E-state index contributed by atoms with van der Waals surface area (Å²) < 4.78 is 59.4. The molecule has 3 aromatic rings. The third-order valence-electron chi connectivity index (χ3n) is 6.09. The number of halogens is 4. The fraction of sp³-hybridized carbons (Fsp3) is 0.360. The largest absolute Gasteiger partial charge is 0.481 e. The number of aromatic nitrogens is 3. The number of alkyl halides is 3. The van der Waals surface area contributed by atoms with E-state index in [2.05, 4.69) is 20.3 Å². The quantitative estimate of drug-likeness (QED) is 0.448. The van der Waals surface area contributed by atoms with E-state index in [9.17, 15) is 22.4 Å². The predicted molar refractivity (Wildman–Crippen MR) is 127 cm³/mol. The number of hydrogen-bond donors (Lipinski definition) is 1. The molecule has 4 rings (SSSR count). The fourth-order valence-corrected chi connectivity index (χ4v) is 4.22. The van der Waals surface area contributed by atoms with Crippen LogP contribution in [-0.4, -0.2) is 52.6 Å². The van der Waals surface area contributed by atoms with Crippen LogP contribution in [0.15, 0.2) is 30.3 Å². The number of rotatable bonds is 7. The number of methoxy groups -OCH3 is 1. The average molecular weight is 504 g/mol. The lowest BCUT2D eigenvalue weighted by Crippen LogP contribution is -2.35. The summed E-state index contributed by atoms with van der Waals surface area (Å²) in [5.74, 6) is -0.455. The van der Waals surface area contributed by atoms with Crippen LogP contribution in [0.25, 0.3) is 16.6 Å². The molecule has 190 valence electrons. The van der Waals surface area contributed by atoms with Gasteiger partial charge in [0.25, 0.3) is 12.3 Å². The zero-order chi connectivity index (χ0) is 26.0. The number of carbonyl (C=O) groups is 1. The second kappa shape index (κ2) is 10.5. The summed E-state index contributed by atoms with van der Waals surface area (Å²) in [5.41, 5.74) is 1.27. The Balaban J connectivity index is 1.74.